The van der Waals surface area contributed by atoms with Gasteiger partial charge < -0.3 is 15.2 Å². The average molecular weight is 178 g/mol. The molecule has 4 heteroatoms. The largest absolute Gasteiger partial charge is 0.485 e. The summed E-state index contributed by atoms with van der Waals surface area (Å²) in [5.74, 6) is 0.614. The fourth-order valence-corrected chi connectivity index (χ4v) is 1.11. The van der Waals surface area contributed by atoms with Crippen molar-refractivity contribution in [3.05, 3.63) is 24.3 Å². The van der Waals surface area contributed by atoms with Gasteiger partial charge in [-0.1, -0.05) is 6.07 Å². The number of ether oxygens (including phenoxy) is 2. The van der Waals surface area contributed by atoms with E-state index < -0.39 is 12.0 Å². The van der Waals surface area contributed by atoms with E-state index in [0.717, 1.165) is 0 Å². The van der Waals surface area contributed by atoms with Gasteiger partial charge in [-0.05, 0) is 18.2 Å². The fraction of sp³-hybridized carbons (Fsp3) is 0.222. The summed E-state index contributed by atoms with van der Waals surface area (Å²) in [6, 6.07) is 7.88. The van der Waals surface area contributed by atoms with Crippen LogP contribution in [0.5, 0.6) is 11.5 Å². The van der Waals surface area contributed by atoms with Crippen molar-refractivity contribution in [2.24, 2.45) is 5.73 Å². The number of hydrogen-bond acceptors (Lipinski definition) is 3. The standard InChI is InChI=1S/C9H8NO3/c10-9(11)8-5-12-6-3-1-2-4-7(6)13-8/h1,3-4,8H,5H2,(H2,10,11). The van der Waals surface area contributed by atoms with Crippen LogP contribution < -0.4 is 15.2 Å². The van der Waals surface area contributed by atoms with Gasteiger partial charge in [0.1, 0.15) is 6.61 Å². The summed E-state index contributed by atoms with van der Waals surface area (Å²) in [4.78, 5) is 10.8. The van der Waals surface area contributed by atoms with E-state index in [1.165, 1.54) is 0 Å². The molecule has 1 radical (unpaired) electrons. The molecule has 1 heterocycles. The van der Waals surface area contributed by atoms with Gasteiger partial charge in [0, 0.05) is 0 Å². The molecule has 1 amide bonds. The maximum Gasteiger partial charge on any atom is 0.262 e. The number of rotatable bonds is 1. The maximum absolute atomic E-state index is 10.8. The molecule has 0 saturated carbocycles. The lowest BCUT2D eigenvalue weighted by Gasteiger charge is -2.23. The molecule has 0 bridgehead atoms. The highest BCUT2D eigenvalue weighted by Gasteiger charge is 2.24. The second-order valence-electron chi connectivity index (χ2n) is 2.69. The third kappa shape index (κ3) is 1.42. The quantitative estimate of drug-likeness (QED) is 0.664. The number of carbonyl (C=O) groups is 1. The van der Waals surface area contributed by atoms with Gasteiger partial charge in [-0.2, -0.15) is 0 Å². The number of nitrogens with two attached hydrogens (primary N) is 1. The second kappa shape index (κ2) is 2.97. The van der Waals surface area contributed by atoms with Crippen LogP contribution in [0.1, 0.15) is 0 Å². The van der Waals surface area contributed by atoms with Crippen LogP contribution in [0.25, 0.3) is 0 Å². The summed E-state index contributed by atoms with van der Waals surface area (Å²) in [7, 11) is 0. The van der Waals surface area contributed by atoms with Crippen molar-refractivity contribution in [2.75, 3.05) is 6.61 Å². The second-order valence-corrected chi connectivity index (χ2v) is 2.69. The molecule has 2 N–H and O–H groups in total. The molecule has 1 aromatic rings. The molecule has 1 aromatic carbocycles. The molecule has 0 fully saturated rings. The Hall–Kier alpha value is -1.71. The van der Waals surface area contributed by atoms with Crippen molar-refractivity contribution < 1.29 is 14.3 Å². The Kier molecular flexibility index (Phi) is 1.81. The van der Waals surface area contributed by atoms with E-state index in [9.17, 15) is 4.79 Å². The first-order valence-corrected chi connectivity index (χ1v) is 3.86. The van der Waals surface area contributed by atoms with Gasteiger partial charge in [0.15, 0.2) is 11.5 Å². The van der Waals surface area contributed by atoms with Crippen molar-refractivity contribution in [3.8, 4) is 11.5 Å². The Bertz CT molecular complexity index is 337. The fourth-order valence-electron chi connectivity index (χ4n) is 1.11. The molecule has 1 atom stereocenters. The van der Waals surface area contributed by atoms with Crippen LogP contribution in [0.15, 0.2) is 18.2 Å². The van der Waals surface area contributed by atoms with Crippen LogP contribution in [0.3, 0.4) is 0 Å². The van der Waals surface area contributed by atoms with E-state index in [-0.39, 0.29) is 6.61 Å². The first-order valence-electron chi connectivity index (χ1n) is 3.86. The van der Waals surface area contributed by atoms with Crippen LogP contribution in [0.4, 0.5) is 0 Å². The van der Waals surface area contributed by atoms with Gasteiger partial charge >= 0.3 is 0 Å². The molecule has 13 heavy (non-hydrogen) atoms. The molecule has 0 aliphatic carbocycles. The summed E-state index contributed by atoms with van der Waals surface area (Å²) >= 11 is 0. The van der Waals surface area contributed by atoms with Gasteiger partial charge in [-0.15, -0.1) is 0 Å². The zero-order valence-electron chi connectivity index (χ0n) is 6.82. The lowest BCUT2D eigenvalue weighted by molar-refractivity contribution is -0.127. The van der Waals surface area contributed by atoms with Gasteiger partial charge in [0.25, 0.3) is 5.91 Å². The SMILES string of the molecule is NC(=O)C1COc2cc[c]cc2O1. The van der Waals surface area contributed by atoms with Crippen molar-refractivity contribution in [3.63, 3.8) is 0 Å². The average Bonchev–Trinajstić information content (AvgIpc) is 2.17. The topological polar surface area (TPSA) is 61.6 Å². The molecule has 0 spiro atoms. The van der Waals surface area contributed by atoms with Gasteiger partial charge in [-0.3, -0.25) is 4.79 Å². The minimum atomic E-state index is -0.691. The molecule has 2 rings (SSSR count). The first kappa shape index (κ1) is 7.91. The van der Waals surface area contributed by atoms with E-state index in [1.807, 2.05) is 0 Å². The lowest BCUT2D eigenvalue weighted by Crippen LogP contribution is -2.40. The smallest absolute Gasteiger partial charge is 0.262 e. The maximum atomic E-state index is 10.8. The molecular formula is C9H8NO3. The minimum Gasteiger partial charge on any atom is -0.485 e. The predicted octanol–water partition coefficient (Wildman–Crippen LogP) is 0.112. The molecular weight excluding hydrogens is 170 g/mol. The van der Waals surface area contributed by atoms with E-state index in [0.29, 0.717) is 11.5 Å². The van der Waals surface area contributed by atoms with Gasteiger partial charge in [0.2, 0.25) is 6.10 Å². The summed E-state index contributed by atoms with van der Waals surface area (Å²) in [6.07, 6.45) is -0.691. The van der Waals surface area contributed by atoms with Crippen LogP contribution >= 0.6 is 0 Å². The van der Waals surface area contributed by atoms with E-state index >= 15 is 0 Å². The number of hydrogen-bond donors (Lipinski definition) is 1. The number of benzene rings is 1. The van der Waals surface area contributed by atoms with Gasteiger partial charge in [-0.25, -0.2) is 0 Å². The molecule has 0 saturated heterocycles. The van der Waals surface area contributed by atoms with E-state index in [2.05, 4.69) is 6.07 Å². The Morgan fingerprint density at radius 3 is 3.23 bits per heavy atom. The Morgan fingerprint density at radius 2 is 2.46 bits per heavy atom. The molecule has 67 valence electrons. The highest BCUT2D eigenvalue weighted by molar-refractivity contribution is 5.79. The Morgan fingerprint density at radius 1 is 1.62 bits per heavy atom. The zero-order chi connectivity index (χ0) is 9.26. The highest BCUT2D eigenvalue weighted by Crippen LogP contribution is 2.30. The van der Waals surface area contributed by atoms with Crippen LogP contribution in [-0.2, 0) is 4.79 Å². The third-order valence-corrected chi connectivity index (χ3v) is 1.76. The third-order valence-electron chi connectivity index (χ3n) is 1.76. The zero-order valence-corrected chi connectivity index (χ0v) is 6.82. The molecule has 1 aliphatic rings. The number of primary amides is 1. The number of fused-ring (bicyclic) bond motifs is 1. The summed E-state index contributed by atoms with van der Waals surface area (Å²) in [6.45, 7) is 0.173. The van der Waals surface area contributed by atoms with Crippen LogP contribution in [0, 0.1) is 6.07 Å². The summed E-state index contributed by atoms with van der Waals surface area (Å²) < 4.78 is 10.5. The Labute approximate surface area is 75.2 Å². The Balaban J connectivity index is 2.24. The minimum absolute atomic E-state index is 0.173. The van der Waals surface area contributed by atoms with Crippen LogP contribution in [0.2, 0.25) is 0 Å². The van der Waals surface area contributed by atoms with Crippen LogP contribution in [-0.4, -0.2) is 18.6 Å². The van der Waals surface area contributed by atoms with Crippen molar-refractivity contribution >= 4 is 5.91 Å². The molecule has 1 unspecified atom stereocenters. The summed E-state index contributed by atoms with van der Waals surface area (Å²) in [5, 5.41) is 0. The predicted molar refractivity (Wildman–Crippen MR) is 44.4 cm³/mol. The van der Waals surface area contributed by atoms with E-state index in [4.69, 9.17) is 15.2 Å². The van der Waals surface area contributed by atoms with Crippen molar-refractivity contribution in [2.45, 2.75) is 6.10 Å². The van der Waals surface area contributed by atoms with Gasteiger partial charge in [0.05, 0.1) is 0 Å². The first-order chi connectivity index (χ1) is 6.27. The highest BCUT2D eigenvalue weighted by atomic mass is 16.6. The monoisotopic (exact) mass is 178 g/mol. The molecule has 0 aromatic heterocycles. The normalized spacial score (nSPS) is 19.5. The lowest BCUT2D eigenvalue weighted by atomic mass is 10.2. The molecule has 1 aliphatic heterocycles. The number of amides is 1. The number of carbonyl (C=O) groups excluding carboxylic acids is 1. The summed E-state index contributed by atoms with van der Waals surface area (Å²) in [5.41, 5.74) is 5.07. The molecule has 4 nitrogen and oxygen atoms in total. The van der Waals surface area contributed by atoms with Crippen molar-refractivity contribution in [1.82, 2.24) is 0 Å². The van der Waals surface area contributed by atoms with Crippen molar-refractivity contribution in [1.29, 1.82) is 0 Å². The van der Waals surface area contributed by atoms with E-state index in [1.54, 1.807) is 18.2 Å².